The van der Waals surface area contributed by atoms with Crippen LogP contribution in [0.5, 0.6) is 0 Å². The van der Waals surface area contributed by atoms with Gasteiger partial charge in [-0.3, -0.25) is 9.59 Å². The van der Waals surface area contributed by atoms with Crippen LogP contribution in [0.3, 0.4) is 0 Å². The zero-order valence-corrected chi connectivity index (χ0v) is 44.9. The molecule has 0 saturated carbocycles. The number of carbonyl (C=O) groups excluding carboxylic acids is 2. The number of nitrogens with one attached hydrogen (secondary N) is 1. The molecule has 0 radical (unpaired) electrons. The van der Waals surface area contributed by atoms with Crippen LogP contribution in [0.1, 0.15) is 316 Å². The Bertz CT molecular complexity index is 1090. The Balaban J connectivity index is 3.41. The monoisotopic (exact) mass is 942 g/mol. The molecule has 394 valence electrons. The van der Waals surface area contributed by atoms with Crippen LogP contribution in [0.4, 0.5) is 0 Å². The highest BCUT2D eigenvalue weighted by Gasteiger charge is 2.20. The second-order valence-electron chi connectivity index (χ2n) is 20.3. The average Bonchev–Trinajstić information content (AvgIpc) is 3.33. The third-order valence-electron chi connectivity index (χ3n) is 13.7. The Morgan fingerprint density at radius 1 is 0.418 bits per heavy atom. The van der Waals surface area contributed by atoms with Crippen LogP contribution in [0.25, 0.3) is 0 Å². The molecular weight excluding hydrogens is 827 g/mol. The van der Waals surface area contributed by atoms with E-state index in [2.05, 4.69) is 55.6 Å². The molecule has 0 rings (SSSR count). The maximum Gasteiger partial charge on any atom is 0.305 e. The SMILES string of the molecule is CCCCCCCCC/C=C\CCCCCCCC(=O)OCCCCCCCCCCC/C=C\C/C=C\CCCCCCCCCCCC(=O)NC(CO)C(O)CCCCCCCCCCC. The first kappa shape index (κ1) is 65.1. The summed E-state index contributed by atoms with van der Waals surface area (Å²) in [6, 6.07) is -0.544. The Morgan fingerprint density at radius 3 is 1.15 bits per heavy atom. The highest BCUT2D eigenvalue weighted by molar-refractivity contribution is 5.76. The number of amides is 1. The van der Waals surface area contributed by atoms with Crippen molar-refractivity contribution in [1.82, 2.24) is 5.32 Å². The summed E-state index contributed by atoms with van der Waals surface area (Å²) in [4.78, 5) is 24.5. The van der Waals surface area contributed by atoms with Gasteiger partial charge in [0.15, 0.2) is 0 Å². The standard InChI is InChI=1S/C61H115NO5/c1-3-5-7-9-11-13-14-15-16-29-32-35-39-43-47-51-55-61(66)67-56-52-48-44-40-36-33-30-27-25-23-21-19-17-18-20-22-24-26-28-31-34-38-42-46-50-54-60(65)62-58(57-63)59(64)53-49-45-41-37-12-10-8-6-4-2/h16,18-21,29,58-59,63-64H,3-15,17,22-28,30-57H2,1-2H3,(H,62,65)/b20-18-,21-19-,29-16-. The summed E-state index contributed by atoms with van der Waals surface area (Å²) >= 11 is 0. The van der Waals surface area contributed by atoms with Gasteiger partial charge in [-0.05, 0) is 83.5 Å². The molecule has 0 aromatic heterocycles. The van der Waals surface area contributed by atoms with Crippen molar-refractivity contribution in [3.05, 3.63) is 36.5 Å². The average molecular weight is 943 g/mol. The van der Waals surface area contributed by atoms with E-state index in [-0.39, 0.29) is 18.5 Å². The van der Waals surface area contributed by atoms with E-state index >= 15 is 0 Å². The number of hydrogen-bond donors (Lipinski definition) is 3. The fourth-order valence-corrected chi connectivity index (χ4v) is 9.08. The molecule has 0 spiro atoms. The summed E-state index contributed by atoms with van der Waals surface area (Å²) in [5, 5.41) is 23.1. The number of aliphatic hydroxyl groups excluding tert-OH is 2. The maximum atomic E-state index is 12.4. The second kappa shape index (κ2) is 56.7. The lowest BCUT2D eigenvalue weighted by molar-refractivity contribution is -0.143. The fraction of sp³-hybridized carbons (Fsp3) is 0.869. The van der Waals surface area contributed by atoms with Crippen LogP contribution >= 0.6 is 0 Å². The largest absolute Gasteiger partial charge is 0.466 e. The van der Waals surface area contributed by atoms with Crippen LogP contribution in [-0.2, 0) is 14.3 Å². The summed E-state index contributed by atoms with van der Waals surface area (Å²) < 4.78 is 5.48. The summed E-state index contributed by atoms with van der Waals surface area (Å²) in [6.07, 6.45) is 70.1. The van der Waals surface area contributed by atoms with Crippen molar-refractivity contribution in [3.8, 4) is 0 Å². The first-order chi connectivity index (χ1) is 33.0. The predicted octanol–water partition coefficient (Wildman–Crippen LogP) is 18.4. The molecule has 0 bridgehead atoms. The van der Waals surface area contributed by atoms with Gasteiger partial charge in [0, 0.05) is 12.8 Å². The highest BCUT2D eigenvalue weighted by Crippen LogP contribution is 2.16. The number of hydrogen-bond acceptors (Lipinski definition) is 5. The van der Waals surface area contributed by atoms with Gasteiger partial charge in [-0.1, -0.05) is 256 Å². The number of rotatable bonds is 55. The number of carbonyl (C=O) groups is 2. The van der Waals surface area contributed by atoms with Crippen LogP contribution in [0, 0.1) is 0 Å². The minimum absolute atomic E-state index is 0.00135. The minimum Gasteiger partial charge on any atom is -0.466 e. The highest BCUT2D eigenvalue weighted by atomic mass is 16.5. The van der Waals surface area contributed by atoms with Crippen LogP contribution in [0.2, 0.25) is 0 Å². The number of ether oxygens (including phenoxy) is 1. The predicted molar refractivity (Wildman–Crippen MR) is 292 cm³/mol. The van der Waals surface area contributed by atoms with E-state index in [0.717, 1.165) is 51.4 Å². The normalized spacial score (nSPS) is 12.8. The first-order valence-electron chi connectivity index (χ1n) is 29.7. The second-order valence-corrected chi connectivity index (χ2v) is 20.3. The zero-order chi connectivity index (χ0) is 48.6. The third-order valence-corrected chi connectivity index (χ3v) is 13.7. The van der Waals surface area contributed by atoms with E-state index in [9.17, 15) is 19.8 Å². The number of esters is 1. The van der Waals surface area contributed by atoms with E-state index in [4.69, 9.17) is 4.74 Å². The number of aliphatic hydroxyl groups is 2. The van der Waals surface area contributed by atoms with E-state index in [1.807, 2.05) is 0 Å². The first-order valence-corrected chi connectivity index (χ1v) is 29.7. The summed E-state index contributed by atoms with van der Waals surface area (Å²) in [5.74, 6) is -0.0423. The van der Waals surface area contributed by atoms with E-state index in [1.54, 1.807) is 0 Å². The molecule has 0 heterocycles. The van der Waals surface area contributed by atoms with Crippen molar-refractivity contribution >= 4 is 11.9 Å². The van der Waals surface area contributed by atoms with Gasteiger partial charge in [0.05, 0.1) is 25.4 Å². The van der Waals surface area contributed by atoms with Crippen LogP contribution < -0.4 is 5.32 Å². The van der Waals surface area contributed by atoms with Crippen molar-refractivity contribution in [2.45, 2.75) is 328 Å². The molecule has 0 aliphatic carbocycles. The van der Waals surface area contributed by atoms with Crippen molar-refractivity contribution in [1.29, 1.82) is 0 Å². The summed E-state index contributed by atoms with van der Waals surface area (Å²) in [7, 11) is 0. The molecule has 6 heteroatoms. The lowest BCUT2D eigenvalue weighted by atomic mass is 10.0. The molecule has 2 unspecified atom stereocenters. The summed E-state index contributed by atoms with van der Waals surface area (Å²) in [6.45, 7) is 4.92. The Hall–Kier alpha value is -1.92. The van der Waals surface area contributed by atoms with Crippen molar-refractivity contribution in [2.24, 2.45) is 0 Å². The molecule has 0 aromatic rings. The smallest absolute Gasteiger partial charge is 0.305 e. The fourth-order valence-electron chi connectivity index (χ4n) is 9.08. The van der Waals surface area contributed by atoms with Gasteiger partial charge >= 0.3 is 5.97 Å². The van der Waals surface area contributed by atoms with E-state index in [0.29, 0.717) is 25.9 Å². The van der Waals surface area contributed by atoms with E-state index < -0.39 is 12.1 Å². The van der Waals surface area contributed by atoms with Gasteiger partial charge in [0.25, 0.3) is 0 Å². The van der Waals surface area contributed by atoms with Crippen LogP contribution in [-0.4, -0.2) is 47.4 Å². The molecule has 1 amide bonds. The van der Waals surface area contributed by atoms with Crippen LogP contribution in [0.15, 0.2) is 36.5 Å². The Kier molecular flexibility index (Phi) is 55.0. The zero-order valence-electron chi connectivity index (χ0n) is 44.9. The number of allylic oxidation sites excluding steroid dienone is 6. The Labute approximate surface area is 417 Å². The quantitative estimate of drug-likeness (QED) is 0.0321. The minimum atomic E-state index is -0.666. The molecular formula is C61H115NO5. The molecule has 0 saturated heterocycles. The Morgan fingerprint density at radius 2 is 0.746 bits per heavy atom. The number of unbranched alkanes of at least 4 members (excludes halogenated alkanes) is 38. The van der Waals surface area contributed by atoms with Gasteiger partial charge in [0.1, 0.15) is 0 Å². The van der Waals surface area contributed by atoms with Crippen molar-refractivity contribution < 1.29 is 24.5 Å². The molecule has 2 atom stereocenters. The lowest BCUT2D eigenvalue weighted by Gasteiger charge is -2.22. The lowest BCUT2D eigenvalue weighted by Crippen LogP contribution is -2.45. The van der Waals surface area contributed by atoms with Gasteiger partial charge < -0.3 is 20.3 Å². The van der Waals surface area contributed by atoms with Crippen molar-refractivity contribution in [2.75, 3.05) is 13.2 Å². The van der Waals surface area contributed by atoms with Gasteiger partial charge in [0.2, 0.25) is 5.91 Å². The molecule has 0 aliphatic rings. The topological polar surface area (TPSA) is 95.9 Å². The van der Waals surface area contributed by atoms with Gasteiger partial charge in [-0.2, -0.15) is 0 Å². The molecule has 3 N–H and O–H groups in total. The molecule has 67 heavy (non-hydrogen) atoms. The molecule has 6 nitrogen and oxygen atoms in total. The maximum absolute atomic E-state index is 12.4. The van der Waals surface area contributed by atoms with Gasteiger partial charge in [-0.25, -0.2) is 0 Å². The van der Waals surface area contributed by atoms with E-state index in [1.165, 1.54) is 231 Å². The molecule has 0 aliphatic heterocycles. The van der Waals surface area contributed by atoms with Gasteiger partial charge in [-0.15, -0.1) is 0 Å². The third kappa shape index (κ3) is 53.3. The molecule has 0 aromatic carbocycles. The summed E-state index contributed by atoms with van der Waals surface area (Å²) in [5.41, 5.74) is 0. The molecule has 0 fully saturated rings. The van der Waals surface area contributed by atoms with Crippen molar-refractivity contribution in [3.63, 3.8) is 0 Å².